The van der Waals surface area contributed by atoms with Crippen LogP contribution >= 0.6 is 11.6 Å². The number of halogens is 1. The number of benzene rings is 1. The lowest BCUT2D eigenvalue weighted by atomic mass is 9.93. The molecule has 0 fully saturated rings. The number of carboxylic acids is 1. The summed E-state index contributed by atoms with van der Waals surface area (Å²) in [5, 5.41) is 9.10. The van der Waals surface area contributed by atoms with Crippen molar-refractivity contribution in [2.45, 2.75) is 19.3 Å². The van der Waals surface area contributed by atoms with Crippen molar-refractivity contribution in [1.29, 1.82) is 0 Å². The summed E-state index contributed by atoms with van der Waals surface area (Å²) in [4.78, 5) is 11.1. The maximum Gasteiger partial charge on any atom is 0.311 e. The highest BCUT2D eigenvalue weighted by Crippen LogP contribution is 2.23. The van der Waals surface area contributed by atoms with E-state index in [0.29, 0.717) is 6.42 Å². The molecule has 15 heavy (non-hydrogen) atoms. The van der Waals surface area contributed by atoms with Crippen LogP contribution in [0.25, 0.3) is 0 Å². The summed E-state index contributed by atoms with van der Waals surface area (Å²) < 4.78 is 0. The summed E-state index contributed by atoms with van der Waals surface area (Å²) >= 11 is 5.53. The fraction of sp³-hybridized carbons (Fsp3) is 0.250. The maximum atomic E-state index is 11.1. The van der Waals surface area contributed by atoms with Crippen molar-refractivity contribution in [3.8, 4) is 0 Å². The van der Waals surface area contributed by atoms with Crippen molar-refractivity contribution < 1.29 is 9.90 Å². The molecule has 0 heterocycles. The van der Waals surface area contributed by atoms with Gasteiger partial charge in [0, 0.05) is 5.54 Å². The van der Waals surface area contributed by atoms with Gasteiger partial charge in [-0.1, -0.05) is 47.5 Å². The van der Waals surface area contributed by atoms with Crippen LogP contribution in [-0.2, 0) is 4.79 Å². The summed E-state index contributed by atoms with van der Waals surface area (Å²) in [5.74, 6) is -1.33. The summed E-state index contributed by atoms with van der Waals surface area (Å²) in [6.07, 6.45) is 0.447. The molecule has 0 aromatic heterocycles. The molecule has 3 heteroatoms. The van der Waals surface area contributed by atoms with Gasteiger partial charge in [0.15, 0.2) is 0 Å². The topological polar surface area (TPSA) is 37.3 Å². The standard InChI is InChI=1S/C12H13ClO2/c1-9(8-13)7-11(12(14)15)10-5-3-2-4-6-10/h2-6,8,11H,7H2,1H3,(H,14,15)/b9-8-. The molecule has 0 saturated heterocycles. The van der Waals surface area contributed by atoms with Crippen molar-refractivity contribution in [3.05, 3.63) is 47.0 Å². The van der Waals surface area contributed by atoms with E-state index in [1.807, 2.05) is 37.3 Å². The van der Waals surface area contributed by atoms with Crippen LogP contribution in [0.15, 0.2) is 41.4 Å². The first-order chi connectivity index (χ1) is 7.15. The van der Waals surface area contributed by atoms with Gasteiger partial charge >= 0.3 is 5.97 Å². The maximum absolute atomic E-state index is 11.1. The summed E-state index contributed by atoms with van der Waals surface area (Å²) in [7, 11) is 0. The van der Waals surface area contributed by atoms with Gasteiger partial charge in [0.1, 0.15) is 0 Å². The summed E-state index contributed by atoms with van der Waals surface area (Å²) in [6.45, 7) is 1.83. The number of aliphatic carboxylic acids is 1. The molecule has 1 atom stereocenters. The Morgan fingerprint density at radius 2 is 2.07 bits per heavy atom. The highest BCUT2D eigenvalue weighted by Gasteiger charge is 2.19. The number of hydrogen-bond acceptors (Lipinski definition) is 1. The third-order valence-electron chi connectivity index (χ3n) is 2.21. The van der Waals surface area contributed by atoms with Gasteiger partial charge in [-0.2, -0.15) is 0 Å². The second-order valence-electron chi connectivity index (χ2n) is 3.46. The zero-order chi connectivity index (χ0) is 11.3. The molecule has 0 amide bonds. The smallest absolute Gasteiger partial charge is 0.311 e. The molecule has 0 radical (unpaired) electrons. The van der Waals surface area contributed by atoms with Crippen LogP contribution in [0.3, 0.4) is 0 Å². The predicted octanol–water partition coefficient (Wildman–Crippen LogP) is 3.39. The molecule has 0 aliphatic heterocycles. The van der Waals surface area contributed by atoms with Gasteiger partial charge in [-0.25, -0.2) is 0 Å². The molecule has 1 unspecified atom stereocenters. The van der Waals surface area contributed by atoms with Crippen molar-refractivity contribution >= 4 is 17.6 Å². The van der Waals surface area contributed by atoms with E-state index in [0.717, 1.165) is 11.1 Å². The van der Waals surface area contributed by atoms with Crippen LogP contribution < -0.4 is 0 Å². The molecular formula is C12H13ClO2. The third kappa shape index (κ3) is 3.40. The van der Waals surface area contributed by atoms with Crippen molar-refractivity contribution in [2.24, 2.45) is 0 Å². The van der Waals surface area contributed by atoms with Gasteiger partial charge in [0.25, 0.3) is 0 Å². The largest absolute Gasteiger partial charge is 0.481 e. The van der Waals surface area contributed by atoms with Crippen molar-refractivity contribution in [2.75, 3.05) is 0 Å². The average Bonchev–Trinajstić information content (AvgIpc) is 2.26. The van der Waals surface area contributed by atoms with Gasteiger partial charge in [0.2, 0.25) is 0 Å². The first-order valence-corrected chi connectivity index (χ1v) is 5.12. The molecule has 80 valence electrons. The molecule has 1 aromatic carbocycles. The van der Waals surface area contributed by atoms with E-state index in [1.165, 1.54) is 5.54 Å². The molecule has 0 bridgehead atoms. The van der Waals surface area contributed by atoms with Gasteiger partial charge in [-0.05, 0) is 18.9 Å². The minimum atomic E-state index is -0.820. The van der Waals surface area contributed by atoms with E-state index >= 15 is 0 Å². The van der Waals surface area contributed by atoms with E-state index in [9.17, 15) is 4.79 Å². The Bertz CT molecular complexity index is 357. The fourth-order valence-electron chi connectivity index (χ4n) is 1.40. The lowest BCUT2D eigenvalue weighted by Gasteiger charge is -2.12. The Balaban J connectivity index is 2.89. The first-order valence-electron chi connectivity index (χ1n) is 4.68. The van der Waals surface area contributed by atoms with Crippen LogP contribution in [-0.4, -0.2) is 11.1 Å². The van der Waals surface area contributed by atoms with Crippen LogP contribution in [0.2, 0.25) is 0 Å². The van der Waals surface area contributed by atoms with Crippen molar-refractivity contribution in [3.63, 3.8) is 0 Å². The Kier molecular flexibility index (Phi) is 4.37. The molecular weight excluding hydrogens is 212 g/mol. The van der Waals surface area contributed by atoms with Crippen LogP contribution in [0.1, 0.15) is 24.8 Å². The van der Waals surface area contributed by atoms with Gasteiger partial charge < -0.3 is 5.11 Å². The predicted molar refractivity (Wildman–Crippen MR) is 61.0 cm³/mol. The Morgan fingerprint density at radius 3 is 2.53 bits per heavy atom. The molecule has 2 nitrogen and oxygen atoms in total. The second kappa shape index (κ2) is 5.56. The number of carbonyl (C=O) groups is 1. The quantitative estimate of drug-likeness (QED) is 0.851. The second-order valence-corrected chi connectivity index (χ2v) is 3.68. The summed E-state index contributed by atoms with van der Waals surface area (Å²) in [5.41, 5.74) is 3.11. The third-order valence-corrected chi connectivity index (χ3v) is 2.58. The first kappa shape index (κ1) is 11.8. The number of hydrogen-bond donors (Lipinski definition) is 1. The number of carboxylic acid groups (broad SMARTS) is 1. The molecule has 1 N–H and O–H groups in total. The van der Waals surface area contributed by atoms with Gasteiger partial charge in [0.05, 0.1) is 5.92 Å². The van der Waals surface area contributed by atoms with E-state index in [4.69, 9.17) is 16.7 Å². The highest BCUT2D eigenvalue weighted by molar-refractivity contribution is 6.25. The molecule has 0 spiro atoms. The van der Waals surface area contributed by atoms with Crippen LogP contribution in [0, 0.1) is 0 Å². The van der Waals surface area contributed by atoms with Gasteiger partial charge in [-0.3, -0.25) is 4.79 Å². The van der Waals surface area contributed by atoms with E-state index in [-0.39, 0.29) is 0 Å². The molecule has 0 saturated carbocycles. The van der Waals surface area contributed by atoms with E-state index in [2.05, 4.69) is 0 Å². The minimum absolute atomic E-state index is 0.447. The highest BCUT2D eigenvalue weighted by atomic mass is 35.5. The van der Waals surface area contributed by atoms with Crippen LogP contribution in [0.5, 0.6) is 0 Å². The van der Waals surface area contributed by atoms with E-state index in [1.54, 1.807) is 0 Å². The fourth-order valence-corrected chi connectivity index (χ4v) is 1.49. The zero-order valence-electron chi connectivity index (χ0n) is 8.48. The lowest BCUT2D eigenvalue weighted by Crippen LogP contribution is -2.11. The van der Waals surface area contributed by atoms with Crippen molar-refractivity contribution in [1.82, 2.24) is 0 Å². The average molecular weight is 225 g/mol. The SMILES string of the molecule is C/C(=C/Cl)CC(C(=O)O)c1ccccc1. The Morgan fingerprint density at radius 1 is 1.47 bits per heavy atom. The molecule has 0 aliphatic rings. The monoisotopic (exact) mass is 224 g/mol. The van der Waals surface area contributed by atoms with Gasteiger partial charge in [-0.15, -0.1) is 0 Å². The number of rotatable bonds is 4. The number of allylic oxidation sites excluding steroid dienone is 1. The van der Waals surface area contributed by atoms with Crippen LogP contribution in [0.4, 0.5) is 0 Å². The zero-order valence-corrected chi connectivity index (χ0v) is 9.24. The van der Waals surface area contributed by atoms with E-state index < -0.39 is 11.9 Å². The normalized spacial score (nSPS) is 13.6. The lowest BCUT2D eigenvalue weighted by molar-refractivity contribution is -0.138. The minimum Gasteiger partial charge on any atom is -0.481 e. The Hall–Kier alpha value is -1.28. The Labute approximate surface area is 94.2 Å². The molecule has 0 aliphatic carbocycles. The summed E-state index contributed by atoms with van der Waals surface area (Å²) in [6, 6.07) is 9.18. The molecule has 1 aromatic rings. The molecule has 1 rings (SSSR count).